The number of hydrogen-bond donors (Lipinski definition) is 2. The molecule has 1 amide bonds. The van der Waals surface area contributed by atoms with Gasteiger partial charge < -0.3 is 10.2 Å². The number of halogens is 1. The Hall–Kier alpha value is -2.54. The van der Waals surface area contributed by atoms with E-state index in [0.29, 0.717) is 24.7 Å². The summed E-state index contributed by atoms with van der Waals surface area (Å²) in [6.45, 7) is 1.76. The number of carbonyl (C=O) groups is 1. The van der Waals surface area contributed by atoms with E-state index in [4.69, 9.17) is 21.3 Å². The third-order valence-corrected chi connectivity index (χ3v) is 5.49. The van der Waals surface area contributed by atoms with Gasteiger partial charge in [-0.2, -0.15) is 0 Å². The monoisotopic (exact) mass is 413 g/mol. The van der Waals surface area contributed by atoms with E-state index in [-0.39, 0.29) is 5.60 Å². The van der Waals surface area contributed by atoms with Crippen molar-refractivity contribution < 1.29 is 14.5 Å². The van der Waals surface area contributed by atoms with Gasteiger partial charge in [-0.1, -0.05) is 54.1 Å². The van der Waals surface area contributed by atoms with Crippen molar-refractivity contribution in [3.8, 4) is 0 Å². The van der Waals surface area contributed by atoms with Crippen LogP contribution in [0.3, 0.4) is 0 Å². The first kappa shape index (κ1) is 19.8. The van der Waals surface area contributed by atoms with E-state index in [1.807, 2.05) is 54.6 Å². The molecule has 2 aliphatic heterocycles. The van der Waals surface area contributed by atoms with Crippen molar-refractivity contribution in [2.24, 2.45) is 0 Å². The highest BCUT2D eigenvalue weighted by molar-refractivity contribution is 6.30. The van der Waals surface area contributed by atoms with Gasteiger partial charge in [-0.25, -0.2) is 4.79 Å². The molecule has 152 valence electrons. The summed E-state index contributed by atoms with van der Waals surface area (Å²) in [5, 5.41) is 5.20. The molecule has 0 aliphatic carbocycles. The number of rotatable bonds is 5. The molecule has 4 rings (SSSR count). The fourth-order valence-corrected chi connectivity index (χ4v) is 3.68. The van der Waals surface area contributed by atoms with Crippen LogP contribution in [0.4, 0.5) is 4.79 Å². The minimum absolute atomic E-state index is 0.376. The molecular weight excluding hydrogens is 390 g/mol. The summed E-state index contributed by atoms with van der Waals surface area (Å²) in [4.78, 5) is 23.4. The van der Waals surface area contributed by atoms with E-state index in [0.717, 1.165) is 30.5 Å². The van der Waals surface area contributed by atoms with Gasteiger partial charge in [0.15, 0.2) is 0 Å². The van der Waals surface area contributed by atoms with Crippen LogP contribution >= 0.6 is 11.6 Å². The zero-order chi connectivity index (χ0) is 20.1. The van der Waals surface area contributed by atoms with Gasteiger partial charge in [-0.15, -0.1) is 5.06 Å². The zero-order valence-electron chi connectivity index (χ0n) is 16.1. The summed E-state index contributed by atoms with van der Waals surface area (Å²) >= 11 is 5.96. The van der Waals surface area contributed by atoms with E-state index >= 15 is 0 Å². The molecule has 0 saturated carbocycles. The largest absolute Gasteiger partial charge is 0.426 e. The average Bonchev–Trinajstić information content (AvgIpc) is 3.15. The maximum atomic E-state index is 12.0. The molecule has 0 aromatic heterocycles. The molecule has 7 heteroatoms. The molecule has 0 radical (unpaired) electrons. The Morgan fingerprint density at radius 3 is 2.59 bits per heavy atom. The molecule has 1 spiro atoms. The molecule has 0 bridgehead atoms. The fraction of sp³-hybridized carbons (Fsp3) is 0.318. The molecule has 2 N–H and O–H groups in total. The van der Waals surface area contributed by atoms with Crippen molar-refractivity contribution in [3.05, 3.63) is 76.8 Å². The summed E-state index contributed by atoms with van der Waals surface area (Å²) in [6.07, 6.45) is 3.94. The van der Waals surface area contributed by atoms with Crippen LogP contribution in [0, 0.1) is 0 Å². The molecule has 0 atom stereocenters. The first-order chi connectivity index (χ1) is 14.1. The lowest BCUT2D eigenvalue weighted by Gasteiger charge is -2.35. The summed E-state index contributed by atoms with van der Waals surface area (Å²) in [6, 6.07) is 17.7. The first-order valence-electron chi connectivity index (χ1n) is 9.79. The smallest absolute Gasteiger partial charge is 0.351 e. The zero-order valence-corrected chi connectivity index (χ0v) is 16.8. The summed E-state index contributed by atoms with van der Waals surface area (Å²) in [7, 11) is 0. The van der Waals surface area contributed by atoms with Crippen molar-refractivity contribution in [1.82, 2.24) is 15.9 Å². The Bertz CT molecular complexity index is 863. The average molecular weight is 414 g/mol. The number of benzene rings is 2. The van der Waals surface area contributed by atoms with Gasteiger partial charge in [0.05, 0.1) is 5.70 Å². The Morgan fingerprint density at radius 1 is 1.14 bits per heavy atom. The third kappa shape index (κ3) is 5.09. The molecule has 1 saturated heterocycles. The van der Waals surface area contributed by atoms with Crippen molar-refractivity contribution in [2.75, 3.05) is 19.6 Å². The molecule has 2 aromatic carbocycles. The Balaban J connectivity index is 1.23. The highest BCUT2D eigenvalue weighted by Crippen LogP contribution is 2.34. The lowest BCUT2D eigenvalue weighted by atomic mass is 9.91. The molecule has 0 unspecified atom stereocenters. The van der Waals surface area contributed by atoms with Crippen molar-refractivity contribution >= 4 is 23.4 Å². The molecule has 1 fully saturated rings. The quantitative estimate of drug-likeness (QED) is 0.777. The van der Waals surface area contributed by atoms with E-state index in [2.05, 4.69) is 16.9 Å². The number of nitrogens with one attached hydrogen (secondary N) is 2. The van der Waals surface area contributed by atoms with Crippen LogP contribution in [0.15, 0.2) is 60.7 Å². The van der Waals surface area contributed by atoms with Crippen LogP contribution in [0.1, 0.15) is 24.0 Å². The Morgan fingerprint density at radius 2 is 1.86 bits per heavy atom. The summed E-state index contributed by atoms with van der Waals surface area (Å²) in [5.41, 5.74) is 5.81. The first-order valence-corrected chi connectivity index (χ1v) is 10.2. The van der Waals surface area contributed by atoms with Crippen LogP contribution < -0.4 is 10.8 Å². The molecule has 29 heavy (non-hydrogen) atoms. The van der Waals surface area contributed by atoms with Crippen LogP contribution in [0.25, 0.3) is 5.70 Å². The van der Waals surface area contributed by atoms with Crippen LogP contribution in [0.2, 0.25) is 5.02 Å². The lowest BCUT2D eigenvalue weighted by Crippen LogP contribution is -2.46. The van der Waals surface area contributed by atoms with Gasteiger partial charge in [0.25, 0.3) is 0 Å². The standard InChI is InChI=1S/C22H24ClN3O3/c23-19-8-6-18(7-9-19)20-16-22(29-25-20)11-14-26(15-12-22)28-21(27)24-13-10-17-4-2-1-3-5-17/h1-9,16,25H,10-15H2,(H,24,27). The maximum Gasteiger partial charge on any atom is 0.426 e. The van der Waals surface area contributed by atoms with E-state index in [9.17, 15) is 4.79 Å². The van der Waals surface area contributed by atoms with Crippen LogP contribution in [0.5, 0.6) is 0 Å². The highest BCUT2D eigenvalue weighted by atomic mass is 35.5. The van der Waals surface area contributed by atoms with Crippen molar-refractivity contribution in [3.63, 3.8) is 0 Å². The van der Waals surface area contributed by atoms with E-state index in [1.54, 1.807) is 5.06 Å². The third-order valence-electron chi connectivity index (χ3n) is 5.23. The van der Waals surface area contributed by atoms with Gasteiger partial charge >= 0.3 is 6.09 Å². The molecule has 2 aromatic rings. The predicted molar refractivity (Wildman–Crippen MR) is 112 cm³/mol. The minimum Gasteiger partial charge on any atom is -0.351 e. The number of hydrogen-bond acceptors (Lipinski definition) is 5. The minimum atomic E-state index is -0.417. The van der Waals surface area contributed by atoms with Crippen molar-refractivity contribution in [1.29, 1.82) is 0 Å². The van der Waals surface area contributed by atoms with Gasteiger partial charge in [0.1, 0.15) is 5.60 Å². The lowest BCUT2D eigenvalue weighted by molar-refractivity contribution is -0.156. The number of carbonyl (C=O) groups excluding carboxylic acids is 1. The number of piperidine rings is 1. The maximum absolute atomic E-state index is 12.0. The summed E-state index contributed by atoms with van der Waals surface area (Å²) < 4.78 is 0. The fourth-order valence-electron chi connectivity index (χ4n) is 3.56. The van der Waals surface area contributed by atoms with Gasteiger partial charge in [-0.05, 0) is 48.6 Å². The highest BCUT2D eigenvalue weighted by Gasteiger charge is 2.39. The van der Waals surface area contributed by atoms with Gasteiger partial charge in [0.2, 0.25) is 0 Å². The van der Waals surface area contributed by atoms with Crippen LogP contribution in [-0.2, 0) is 16.1 Å². The molecule has 2 aliphatic rings. The molecule has 6 nitrogen and oxygen atoms in total. The number of nitrogens with zero attached hydrogens (tertiary/aromatic N) is 1. The van der Waals surface area contributed by atoms with Crippen LogP contribution in [-0.4, -0.2) is 36.4 Å². The predicted octanol–water partition coefficient (Wildman–Crippen LogP) is 3.93. The number of amides is 1. The van der Waals surface area contributed by atoms with Gasteiger partial charge in [0, 0.05) is 24.7 Å². The Kier molecular flexibility index (Phi) is 6.04. The van der Waals surface area contributed by atoms with Gasteiger partial charge in [-0.3, -0.25) is 10.3 Å². The molecule has 2 heterocycles. The normalized spacial score (nSPS) is 18.2. The van der Waals surface area contributed by atoms with E-state index in [1.165, 1.54) is 5.56 Å². The second-order valence-corrected chi connectivity index (χ2v) is 7.74. The molecular formula is C22H24ClN3O3. The summed E-state index contributed by atoms with van der Waals surface area (Å²) in [5.74, 6) is 0. The SMILES string of the molecule is O=C(NCCc1ccccc1)ON1CCC2(C=C(c3ccc(Cl)cc3)NO2)CC1. The number of hydroxylamine groups is 3. The topological polar surface area (TPSA) is 62.8 Å². The van der Waals surface area contributed by atoms with E-state index < -0.39 is 6.09 Å². The Labute approximate surface area is 175 Å². The second-order valence-electron chi connectivity index (χ2n) is 7.30. The van der Waals surface area contributed by atoms with Crippen molar-refractivity contribution in [2.45, 2.75) is 24.9 Å². The second kappa shape index (κ2) is 8.86.